The average Bonchev–Trinajstić information content (AvgIpc) is 3.76. The molecule has 0 bridgehead atoms. The third-order valence-electron chi connectivity index (χ3n) is 9.82. The fraction of sp³-hybridized carbons (Fsp3) is 0.442. The normalized spacial score (nSPS) is 19.5. The third kappa shape index (κ3) is 11.4. The summed E-state index contributed by atoms with van der Waals surface area (Å²) in [7, 11) is 1.56. The Labute approximate surface area is 365 Å². The average molecular weight is 874 g/mol. The number of fused-ring (bicyclic) bond motifs is 4. The molecule has 3 atom stereocenters. The number of aliphatic imine (C=N–C) groups is 1. The van der Waals surface area contributed by atoms with Crippen LogP contribution < -0.4 is 14.2 Å². The quantitative estimate of drug-likeness (QED) is 0.138. The van der Waals surface area contributed by atoms with Crippen molar-refractivity contribution in [2.45, 2.75) is 89.8 Å². The number of carbonyl (C=O) groups excluding carboxylic acids is 3. The molecule has 303 valence electrons. The van der Waals surface area contributed by atoms with E-state index in [2.05, 4.69) is 15.0 Å². The van der Waals surface area contributed by atoms with E-state index in [0.717, 1.165) is 42.4 Å². The Morgan fingerprint density at radius 3 is 2.23 bits per heavy atom. The molecular weight excluding hydrogens is 821 g/mol. The van der Waals surface area contributed by atoms with E-state index in [1.807, 2.05) is 83.8 Å². The largest absolute Gasteiger partial charge is 0.658 e. The van der Waals surface area contributed by atoms with Crippen molar-refractivity contribution in [3.8, 4) is 17.2 Å². The number of hydrogen-bond donors (Lipinski definition) is 1. The Morgan fingerprint density at radius 1 is 0.930 bits per heavy atom. The van der Waals surface area contributed by atoms with Crippen LogP contribution in [0.3, 0.4) is 0 Å². The fourth-order valence-electron chi connectivity index (χ4n) is 6.67. The molecule has 0 fully saturated rings. The molecule has 4 aliphatic rings. The summed E-state index contributed by atoms with van der Waals surface area (Å²) in [5.74, 6) is 1.42. The van der Waals surface area contributed by atoms with Crippen LogP contribution in [-0.4, -0.2) is 95.7 Å². The molecule has 0 saturated carbocycles. The Morgan fingerprint density at radius 2 is 1.58 bits per heavy atom. The van der Waals surface area contributed by atoms with Gasteiger partial charge >= 0.3 is 0 Å². The molecule has 57 heavy (non-hydrogen) atoms. The zero-order chi connectivity index (χ0) is 40.4. The van der Waals surface area contributed by atoms with Crippen LogP contribution in [0.25, 0.3) is 5.32 Å². The van der Waals surface area contributed by atoms with Gasteiger partial charge < -0.3 is 44.0 Å². The number of benzene rings is 2. The molecule has 0 saturated heterocycles. The van der Waals surface area contributed by atoms with Crippen LogP contribution in [0.2, 0.25) is 0 Å². The Kier molecular flexibility index (Phi) is 17.0. The molecule has 4 aliphatic heterocycles. The summed E-state index contributed by atoms with van der Waals surface area (Å²) in [6.45, 7) is 12.6. The first-order chi connectivity index (χ1) is 26.9. The van der Waals surface area contributed by atoms with E-state index in [0.29, 0.717) is 66.0 Å². The first-order valence-corrected chi connectivity index (χ1v) is 20.1. The van der Waals surface area contributed by atoms with Crippen molar-refractivity contribution in [3.05, 3.63) is 94.1 Å². The second-order valence-electron chi connectivity index (χ2n) is 14.4. The second-order valence-corrected chi connectivity index (χ2v) is 16.0. The number of allylic oxidation sites excluding steroid dienone is 4. The molecule has 1 N–H and O–H groups in total. The van der Waals surface area contributed by atoms with Crippen LogP contribution >= 0.6 is 11.8 Å². The number of hydrogen-bond acceptors (Lipinski definition) is 10. The molecule has 1 unspecified atom stereocenters. The van der Waals surface area contributed by atoms with E-state index < -0.39 is 12.3 Å². The number of unbranched alkanes of at least 4 members (excludes halogenated alkanes) is 2. The number of aliphatic hydroxyl groups is 1. The summed E-state index contributed by atoms with van der Waals surface area (Å²) >= 11 is 1.66. The van der Waals surface area contributed by atoms with Crippen LogP contribution in [0.4, 0.5) is 11.4 Å². The van der Waals surface area contributed by atoms with Crippen molar-refractivity contribution in [1.82, 2.24) is 9.80 Å². The van der Waals surface area contributed by atoms with Gasteiger partial charge in [-0.25, -0.2) is 0 Å². The summed E-state index contributed by atoms with van der Waals surface area (Å²) in [5.41, 5.74) is 4.89. The van der Waals surface area contributed by atoms with E-state index in [1.54, 1.807) is 52.9 Å². The minimum atomic E-state index is -1.02. The summed E-state index contributed by atoms with van der Waals surface area (Å²) in [6.07, 6.45) is 18.1. The number of amides is 2. The maximum atomic E-state index is 13.4. The van der Waals surface area contributed by atoms with Gasteiger partial charge in [-0.15, -0.1) is 5.69 Å². The van der Waals surface area contributed by atoms with Gasteiger partial charge in [-0.2, -0.15) is 11.8 Å². The summed E-state index contributed by atoms with van der Waals surface area (Å²) in [4.78, 5) is 44.3. The van der Waals surface area contributed by atoms with E-state index in [9.17, 15) is 19.5 Å². The van der Waals surface area contributed by atoms with Gasteiger partial charge in [-0.3, -0.25) is 14.6 Å². The van der Waals surface area contributed by atoms with Crippen LogP contribution in [-0.2, 0) is 42.2 Å². The van der Waals surface area contributed by atoms with Gasteiger partial charge in [0, 0.05) is 73.9 Å². The maximum Gasteiger partial charge on any atom is 0.260 e. The van der Waals surface area contributed by atoms with Crippen LogP contribution in [0.15, 0.2) is 77.1 Å². The molecule has 0 aromatic heterocycles. The number of rotatable bonds is 15. The Balaban J connectivity index is 0.000000644. The van der Waals surface area contributed by atoms with Crippen LogP contribution in [0, 0.1) is 6.92 Å². The minimum Gasteiger partial charge on any atom is -0.658 e. The number of methoxy groups -OCH3 is 1. The Hall–Kier alpha value is -3.91. The topological polar surface area (TPSA) is 141 Å². The van der Waals surface area contributed by atoms with E-state index in [4.69, 9.17) is 14.2 Å². The fourth-order valence-corrected chi connectivity index (χ4v) is 6.84. The molecule has 0 aliphatic carbocycles. The second kappa shape index (κ2) is 21.2. The number of ether oxygens (including phenoxy) is 4. The number of nitrogens with zero attached hydrogens (tertiary/aromatic N) is 4. The molecular formula is C43H52N4O8SY-2. The van der Waals surface area contributed by atoms with Gasteiger partial charge in [-0.05, 0) is 108 Å². The number of carbonyl (C=O) groups is 2. The van der Waals surface area contributed by atoms with Gasteiger partial charge in [0.15, 0.2) is 11.5 Å². The zero-order valence-corrected chi connectivity index (χ0v) is 37.5. The SMILES string of the molecule is C/C=C/C1=CN2C(=O)c3cc(OC)c(OCCCCCOc4cc5c(cc4C)C(=O)N4C=C(/C=C/C)C[C@H]4C(O)[N-]5)cc3N=C[C@@H]2C1.CSC(C)(C)CO[C-]=O.[Y]. The number of aryl methyl sites for hydroxylation is 1. The van der Waals surface area contributed by atoms with Gasteiger partial charge in [0.25, 0.3) is 11.8 Å². The molecule has 4 heterocycles. The first kappa shape index (κ1) is 45.8. The van der Waals surface area contributed by atoms with Crippen molar-refractivity contribution in [2.75, 3.05) is 33.2 Å². The summed E-state index contributed by atoms with van der Waals surface area (Å²) < 4.78 is 22.2. The molecule has 6 rings (SSSR count). The Bertz CT molecular complexity index is 1930. The maximum absolute atomic E-state index is 13.4. The van der Waals surface area contributed by atoms with E-state index >= 15 is 0 Å². The summed E-state index contributed by atoms with van der Waals surface area (Å²) in [6, 6.07) is 6.52. The first-order valence-electron chi connectivity index (χ1n) is 18.8. The van der Waals surface area contributed by atoms with Gasteiger partial charge in [-0.1, -0.05) is 30.8 Å². The van der Waals surface area contributed by atoms with Crippen molar-refractivity contribution < 1.29 is 71.1 Å². The predicted octanol–water partition coefficient (Wildman–Crippen LogP) is 8.24. The molecule has 1 radical (unpaired) electrons. The van der Waals surface area contributed by atoms with Crippen molar-refractivity contribution in [3.63, 3.8) is 0 Å². The van der Waals surface area contributed by atoms with Gasteiger partial charge in [0.1, 0.15) is 5.75 Å². The van der Waals surface area contributed by atoms with E-state index in [1.165, 1.54) is 6.47 Å². The molecule has 2 aromatic carbocycles. The molecule has 0 spiro atoms. The summed E-state index contributed by atoms with van der Waals surface area (Å²) in [5, 5.41) is 15.3. The van der Waals surface area contributed by atoms with Gasteiger partial charge in [0.2, 0.25) is 0 Å². The van der Waals surface area contributed by atoms with Crippen molar-refractivity contribution in [1.29, 1.82) is 0 Å². The van der Waals surface area contributed by atoms with Crippen molar-refractivity contribution in [2.24, 2.45) is 4.99 Å². The van der Waals surface area contributed by atoms with Crippen LogP contribution in [0.5, 0.6) is 17.2 Å². The number of aliphatic hydroxyl groups excluding tert-OH is 1. The smallest absolute Gasteiger partial charge is 0.260 e. The zero-order valence-electron chi connectivity index (χ0n) is 33.8. The molecule has 14 heteroatoms. The number of thioether (sulfide) groups is 1. The minimum absolute atomic E-state index is 0. The van der Waals surface area contributed by atoms with E-state index in [-0.39, 0.29) is 55.3 Å². The predicted molar refractivity (Wildman–Crippen MR) is 220 cm³/mol. The monoisotopic (exact) mass is 873 g/mol. The molecule has 12 nitrogen and oxygen atoms in total. The van der Waals surface area contributed by atoms with Crippen LogP contribution in [0.1, 0.15) is 86.1 Å². The van der Waals surface area contributed by atoms with Gasteiger partial charge in [0.05, 0.1) is 50.3 Å². The molecule has 2 aromatic rings. The molecule has 2 amide bonds. The standard InChI is InChI=1S/C37H42N4O6.C6H11O2S.Y/c1-5-10-24-15-26-20-38-29-18-34(33(45-4)17-28(29)36(43)40(26)21-24)47-13-9-7-8-12-46-32-19-30-27(14-23(32)3)37(44)41-22-25(11-6-2)16-31(41)35(42)39-30;1-6(2,9-3)4-8-5-7;/h5-6,10-11,14,17-22,26,31,35,42H,7-9,12-13,15-16H2,1-4H3,(H,39,44);4H2,1-3H3;/q;-1;/p-1/b10-5+,11-6+;;/t26-,31-,35?;;/m0../s1. The van der Waals surface area contributed by atoms with Crippen molar-refractivity contribution >= 4 is 47.6 Å². The third-order valence-corrected chi connectivity index (χ3v) is 11.0.